The van der Waals surface area contributed by atoms with Crippen molar-refractivity contribution in [3.63, 3.8) is 0 Å². The van der Waals surface area contributed by atoms with Gasteiger partial charge in [0.25, 0.3) is 0 Å². The van der Waals surface area contributed by atoms with Crippen molar-refractivity contribution in [3.05, 3.63) is 53.2 Å². The van der Waals surface area contributed by atoms with Gasteiger partial charge in [0, 0.05) is 23.7 Å². The number of fused-ring (bicyclic) bond motifs is 1. The normalized spacial score (nSPS) is 17.2. The minimum absolute atomic E-state index is 0.282. The van der Waals surface area contributed by atoms with Crippen molar-refractivity contribution < 1.29 is 4.52 Å². The molecule has 4 rings (SSSR count). The highest BCUT2D eigenvalue weighted by molar-refractivity contribution is 5.54. The maximum Gasteiger partial charge on any atom is 0.230 e. The molecule has 0 fully saturated rings. The van der Waals surface area contributed by atoms with Crippen LogP contribution in [0.1, 0.15) is 35.1 Å². The first-order valence-corrected chi connectivity index (χ1v) is 8.28. The van der Waals surface area contributed by atoms with Gasteiger partial charge in [0.15, 0.2) is 0 Å². The summed E-state index contributed by atoms with van der Waals surface area (Å²) >= 11 is 0. The van der Waals surface area contributed by atoms with Crippen LogP contribution in [0.2, 0.25) is 0 Å². The highest BCUT2D eigenvalue weighted by atomic mass is 16.5. The summed E-state index contributed by atoms with van der Waals surface area (Å²) in [5.74, 6) is 1.68. The third kappa shape index (κ3) is 2.97. The molecule has 1 unspecified atom stereocenters. The van der Waals surface area contributed by atoms with Gasteiger partial charge in [0.2, 0.25) is 11.7 Å². The molecule has 0 spiro atoms. The van der Waals surface area contributed by atoms with E-state index < -0.39 is 0 Å². The van der Waals surface area contributed by atoms with E-state index in [4.69, 9.17) is 4.52 Å². The van der Waals surface area contributed by atoms with Gasteiger partial charge in [-0.15, -0.1) is 0 Å². The topological polar surface area (TPSA) is 70.8 Å². The number of hydrogen-bond acceptors (Lipinski definition) is 5. The van der Waals surface area contributed by atoms with E-state index >= 15 is 0 Å². The maximum atomic E-state index is 5.54. The van der Waals surface area contributed by atoms with Crippen molar-refractivity contribution >= 4 is 0 Å². The minimum Gasteiger partial charge on any atom is -0.339 e. The highest BCUT2D eigenvalue weighted by Crippen LogP contribution is 2.31. The van der Waals surface area contributed by atoms with Gasteiger partial charge in [-0.2, -0.15) is 10.1 Å². The minimum atomic E-state index is 0.282. The molecule has 1 aliphatic rings. The smallest absolute Gasteiger partial charge is 0.230 e. The lowest BCUT2D eigenvalue weighted by Crippen LogP contribution is -2.12. The van der Waals surface area contributed by atoms with Crippen LogP contribution in [0.5, 0.6) is 0 Å². The van der Waals surface area contributed by atoms with Gasteiger partial charge >= 0.3 is 0 Å². The monoisotopic (exact) mass is 323 g/mol. The number of aryl methyl sites for hydroxylation is 1. The molecule has 0 amide bonds. The number of benzene rings is 1. The molecule has 1 aliphatic carbocycles. The first-order chi connectivity index (χ1) is 11.7. The fraction of sp³-hybridized carbons (Fsp3) is 0.389. The summed E-state index contributed by atoms with van der Waals surface area (Å²) in [5.41, 5.74) is 4.76. The van der Waals surface area contributed by atoms with E-state index in [0.29, 0.717) is 5.82 Å². The van der Waals surface area contributed by atoms with Gasteiger partial charge in [-0.05, 0) is 44.5 Å². The summed E-state index contributed by atoms with van der Waals surface area (Å²) in [6.45, 7) is 0.923. The number of nitrogens with one attached hydrogen (secondary N) is 1. The lowest BCUT2D eigenvalue weighted by molar-refractivity contribution is 0.340. The highest BCUT2D eigenvalue weighted by Gasteiger charge is 2.26. The van der Waals surface area contributed by atoms with Crippen LogP contribution in [-0.2, 0) is 19.4 Å². The molecule has 0 radical (unpaired) electrons. The Morgan fingerprint density at radius 2 is 2.08 bits per heavy atom. The molecule has 1 atom stereocenters. The first-order valence-electron chi connectivity index (χ1n) is 8.28. The Morgan fingerprint density at radius 1 is 1.25 bits per heavy atom. The fourth-order valence-corrected chi connectivity index (χ4v) is 3.27. The summed E-state index contributed by atoms with van der Waals surface area (Å²) in [6.07, 6.45) is 4.81. The Bertz CT molecular complexity index is 818. The number of nitrogens with zero attached hydrogens (tertiary/aromatic N) is 4. The average molecular weight is 323 g/mol. The molecule has 24 heavy (non-hydrogen) atoms. The van der Waals surface area contributed by atoms with E-state index in [1.165, 1.54) is 16.8 Å². The third-order valence-corrected chi connectivity index (χ3v) is 4.52. The molecular weight excluding hydrogens is 302 g/mol. The molecule has 6 nitrogen and oxygen atoms in total. The number of aromatic nitrogens is 4. The number of aromatic amines is 1. The summed E-state index contributed by atoms with van der Waals surface area (Å²) in [6, 6.07) is 8.35. The average Bonchev–Trinajstić information content (AvgIpc) is 3.23. The predicted octanol–water partition coefficient (Wildman–Crippen LogP) is 2.79. The Hall–Kier alpha value is -2.47. The molecule has 124 valence electrons. The number of H-pyrrole nitrogens is 1. The van der Waals surface area contributed by atoms with Crippen molar-refractivity contribution in [2.75, 3.05) is 14.1 Å². The van der Waals surface area contributed by atoms with Gasteiger partial charge in [-0.25, -0.2) is 0 Å². The van der Waals surface area contributed by atoms with Crippen molar-refractivity contribution in [2.24, 2.45) is 0 Å². The fourth-order valence-electron chi connectivity index (χ4n) is 3.27. The molecule has 0 saturated heterocycles. The van der Waals surface area contributed by atoms with Crippen LogP contribution in [0.3, 0.4) is 0 Å². The van der Waals surface area contributed by atoms with Crippen LogP contribution in [0.25, 0.3) is 11.4 Å². The SMILES string of the molecule is CN(C)Cc1ccc(-c2noc(C3CCc4[nH]ncc4C3)n2)cc1. The zero-order chi connectivity index (χ0) is 16.5. The van der Waals surface area contributed by atoms with E-state index in [1.54, 1.807) is 0 Å². The zero-order valence-corrected chi connectivity index (χ0v) is 14.0. The molecule has 2 heterocycles. The number of rotatable bonds is 4. The van der Waals surface area contributed by atoms with Crippen molar-refractivity contribution in [3.8, 4) is 11.4 Å². The second kappa shape index (κ2) is 6.20. The Kier molecular flexibility index (Phi) is 3.90. The molecule has 6 heteroatoms. The zero-order valence-electron chi connectivity index (χ0n) is 14.0. The van der Waals surface area contributed by atoms with Crippen LogP contribution in [0, 0.1) is 0 Å². The second-order valence-corrected chi connectivity index (χ2v) is 6.70. The van der Waals surface area contributed by atoms with Crippen molar-refractivity contribution in [2.45, 2.75) is 31.7 Å². The lowest BCUT2D eigenvalue weighted by Gasteiger charge is -2.17. The Morgan fingerprint density at radius 3 is 2.88 bits per heavy atom. The van der Waals surface area contributed by atoms with Gasteiger partial charge in [0.05, 0.1) is 6.20 Å². The third-order valence-electron chi connectivity index (χ3n) is 4.52. The molecule has 2 aromatic heterocycles. The van der Waals surface area contributed by atoms with E-state index in [0.717, 1.165) is 37.3 Å². The largest absolute Gasteiger partial charge is 0.339 e. The van der Waals surface area contributed by atoms with Crippen LogP contribution >= 0.6 is 0 Å². The van der Waals surface area contributed by atoms with Gasteiger partial charge in [0.1, 0.15) is 0 Å². The van der Waals surface area contributed by atoms with Crippen LogP contribution in [-0.4, -0.2) is 39.3 Å². The molecule has 0 saturated carbocycles. The quantitative estimate of drug-likeness (QED) is 0.799. The first kappa shape index (κ1) is 15.1. The molecule has 1 aromatic carbocycles. The van der Waals surface area contributed by atoms with Crippen molar-refractivity contribution in [1.82, 2.24) is 25.2 Å². The standard InChI is InChI=1S/C18H21N5O/c1-23(2)11-12-3-5-13(6-4-12)17-20-18(24-22-17)14-7-8-16-15(9-14)10-19-21-16/h3-6,10,14H,7-9,11H2,1-2H3,(H,19,21). The van der Waals surface area contributed by atoms with E-state index in [9.17, 15) is 0 Å². The molecule has 0 aliphatic heterocycles. The summed E-state index contributed by atoms with van der Waals surface area (Å²) in [5, 5.41) is 11.4. The number of hydrogen-bond donors (Lipinski definition) is 1. The summed E-state index contributed by atoms with van der Waals surface area (Å²) < 4.78 is 5.54. The summed E-state index contributed by atoms with van der Waals surface area (Å²) in [4.78, 5) is 6.78. The Balaban J connectivity index is 1.51. The Labute approximate surface area is 140 Å². The van der Waals surface area contributed by atoms with Crippen LogP contribution in [0.15, 0.2) is 35.0 Å². The van der Waals surface area contributed by atoms with Crippen molar-refractivity contribution in [1.29, 1.82) is 0 Å². The van der Waals surface area contributed by atoms with E-state index in [-0.39, 0.29) is 5.92 Å². The molecular formula is C18H21N5O. The van der Waals surface area contributed by atoms with Gasteiger partial charge in [-0.1, -0.05) is 29.4 Å². The molecule has 0 bridgehead atoms. The lowest BCUT2D eigenvalue weighted by atomic mass is 9.88. The van der Waals surface area contributed by atoms with Gasteiger partial charge < -0.3 is 9.42 Å². The summed E-state index contributed by atoms with van der Waals surface area (Å²) in [7, 11) is 4.13. The second-order valence-electron chi connectivity index (χ2n) is 6.70. The van der Waals surface area contributed by atoms with Crippen LogP contribution in [0.4, 0.5) is 0 Å². The maximum absolute atomic E-state index is 5.54. The molecule has 1 N–H and O–H groups in total. The molecule has 3 aromatic rings. The van der Waals surface area contributed by atoms with Crippen LogP contribution < -0.4 is 0 Å². The van der Waals surface area contributed by atoms with E-state index in [1.807, 2.05) is 6.20 Å². The predicted molar refractivity (Wildman–Crippen MR) is 90.5 cm³/mol. The van der Waals surface area contributed by atoms with Gasteiger partial charge in [-0.3, -0.25) is 5.10 Å². The van der Waals surface area contributed by atoms with E-state index in [2.05, 4.69) is 63.6 Å².